The number of aromatic nitrogens is 2. The van der Waals surface area contributed by atoms with Crippen LogP contribution in [0.15, 0.2) is 60.7 Å². The lowest BCUT2D eigenvalue weighted by atomic mass is 10.1. The summed E-state index contributed by atoms with van der Waals surface area (Å²) in [5.74, 6) is 0.605. The van der Waals surface area contributed by atoms with Crippen molar-refractivity contribution in [2.24, 2.45) is 0 Å². The molecule has 1 heterocycles. The van der Waals surface area contributed by atoms with E-state index >= 15 is 0 Å². The maximum Gasteiger partial charge on any atom is 0.270 e. The van der Waals surface area contributed by atoms with Crippen molar-refractivity contribution >= 4 is 5.91 Å². The zero-order valence-corrected chi connectivity index (χ0v) is 14.6. The Kier molecular flexibility index (Phi) is 4.84. The second-order valence-corrected chi connectivity index (χ2v) is 6.02. The van der Waals surface area contributed by atoms with Crippen molar-refractivity contribution in [3.63, 3.8) is 0 Å². The van der Waals surface area contributed by atoms with Gasteiger partial charge in [-0.3, -0.25) is 4.79 Å². The molecule has 0 aliphatic heterocycles. The molecule has 0 saturated heterocycles. The zero-order chi connectivity index (χ0) is 17.8. The summed E-state index contributed by atoms with van der Waals surface area (Å²) in [5.41, 5.74) is 3.02. The van der Waals surface area contributed by atoms with Crippen LogP contribution in [0.5, 0.6) is 5.75 Å². The van der Waals surface area contributed by atoms with Crippen LogP contribution in [-0.2, 0) is 0 Å². The topological polar surface area (TPSA) is 56.2 Å². The molecule has 5 nitrogen and oxygen atoms in total. The molecule has 3 rings (SSSR count). The number of methoxy groups -OCH3 is 1. The Bertz CT molecular complexity index is 852. The summed E-state index contributed by atoms with van der Waals surface area (Å²) in [7, 11) is 1.62. The van der Waals surface area contributed by atoms with Crippen molar-refractivity contribution in [2.45, 2.75) is 19.9 Å². The SMILES string of the molecule is COc1ccc(-n2nc(-c3ccccc3)cc2C(=O)NC(C)C)cc1. The van der Waals surface area contributed by atoms with Gasteiger partial charge in [0.25, 0.3) is 5.91 Å². The van der Waals surface area contributed by atoms with Gasteiger partial charge < -0.3 is 10.1 Å². The van der Waals surface area contributed by atoms with Crippen molar-refractivity contribution < 1.29 is 9.53 Å². The number of hydrogen-bond donors (Lipinski definition) is 1. The van der Waals surface area contributed by atoms with Crippen molar-refractivity contribution in [3.05, 3.63) is 66.4 Å². The van der Waals surface area contributed by atoms with Crippen LogP contribution in [0.1, 0.15) is 24.3 Å². The Morgan fingerprint density at radius 3 is 2.36 bits per heavy atom. The highest BCUT2D eigenvalue weighted by atomic mass is 16.5. The van der Waals surface area contributed by atoms with E-state index in [1.165, 1.54) is 0 Å². The molecule has 25 heavy (non-hydrogen) atoms. The highest BCUT2D eigenvalue weighted by Crippen LogP contribution is 2.23. The average molecular weight is 335 g/mol. The van der Waals surface area contributed by atoms with E-state index in [4.69, 9.17) is 4.74 Å². The second-order valence-electron chi connectivity index (χ2n) is 6.02. The van der Waals surface area contributed by atoms with E-state index in [2.05, 4.69) is 10.4 Å². The number of carbonyl (C=O) groups excluding carboxylic acids is 1. The normalized spacial score (nSPS) is 10.7. The van der Waals surface area contributed by atoms with E-state index < -0.39 is 0 Å². The van der Waals surface area contributed by atoms with Gasteiger partial charge in [-0.2, -0.15) is 5.10 Å². The van der Waals surface area contributed by atoms with Gasteiger partial charge in [0.2, 0.25) is 0 Å². The fraction of sp³-hybridized carbons (Fsp3) is 0.200. The molecule has 1 aromatic heterocycles. The number of benzene rings is 2. The van der Waals surface area contributed by atoms with Crippen molar-refractivity contribution in [1.82, 2.24) is 15.1 Å². The summed E-state index contributed by atoms with van der Waals surface area (Å²) in [5, 5.41) is 7.58. The summed E-state index contributed by atoms with van der Waals surface area (Å²) in [6, 6.07) is 19.1. The third-order valence-electron chi connectivity index (χ3n) is 3.75. The maximum atomic E-state index is 12.6. The van der Waals surface area contributed by atoms with Crippen LogP contribution in [0.25, 0.3) is 16.9 Å². The highest BCUT2D eigenvalue weighted by molar-refractivity contribution is 5.94. The molecule has 0 atom stereocenters. The van der Waals surface area contributed by atoms with Crippen LogP contribution in [0.2, 0.25) is 0 Å². The number of carbonyl (C=O) groups is 1. The summed E-state index contributed by atoms with van der Waals surface area (Å²) >= 11 is 0. The molecular formula is C20H21N3O2. The van der Waals surface area contributed by atoms with Crippen LogP contribution in [-0.4, -0.2) is 28.8 Å². The Hall–Kier alpha value is -3.08. The molecule has 0 unspecified atom stereocenters. The molecule has 5 heteroatoms. The first-order valence-electron chi connectivity index (χ1n) is 8.19. The summed E-state index contributed by atoms with van der Waals surface area (Å²) in [6.07, 6.45) is 0. The minimum absolute atomic E-state index is 0.0480. The van der Waals surface area contributed by atoms with Gasteiger partial charge in [-0.05, 0) is 44.2 Å². The van der Waals surface area contributed by atoms with Crippen molar-refractivity contribution in [3.8, 4) is 22.7 Å². The van der Waals surface area contributed by atoms with E-state index in [1.807, 2.05) is 74.5 Å². The molecule has 1 amide bonds. The minimum atomic E-state index is -0.152. The Balaban J connectivity index is 2.07. The van der Waals surface area contributed by atoms with E-state index in [0.717, 1.165) is 22.7 Å². The molecule has 0 fully saturated rings. The second kappa shape index (κ2) is 7.21. The summed E-state index contributed by atoms with van der Waals surface area (Å²) < 4.78 is 6.87. The Morgan fingerprint density at radius 1 is 1.08 bits per heavy atom. The lowest BCUT2D eigenvalue weighted by Gasteiger charge is -2.10. The van der Waals surface area contributed by atoms with Crippen molar-refractivity contribution in [1.29, 1.82) is 0 Å². The van der Waals surface area contributed by atoms with Gasteiger partial charge in [0.15, 0.2) is 0 Å². The molecule has 0 bridgehead atoms. The molecule has 1 N–H and O–H groups in total. The van der Waals surface area contributed by atoms with Gasteiger partial charge >= 0.3 is 0 Å². The number of ether oxygens (including phenoxy) is 1. The summed E-state index contributed by atoms with van der Waals surface area (Å²) in [6.45, 7) is 3.87. The standard InChI is InChI=1S/C20H21N3O2/c1-14(2)21-20(24)19-13-18(15-7-5-4-6-8-15)22-23(19)16-9-11-17(25-3)12-10-16/h4-14H,1-3H3,(H,21,24). The van der Waals surface area contributed by atoms with Gasteiger partial charge in [0.05, 0.1) is 18.5 Å². The molecule has 128 valence electrons. The van der Waals surface area contributed by atoms with E-state index in [-0.39, 0.29) is 11.9 Å². The first kappa shape index (κ1) is 16.8. The van der Waals surface area contributed by atoms with Gasteiger partial charge in [0, 0.05) is 11.6 Å². The molecule has 0 spiro atoms. The van der Waals surface area contributed by atoms with E-state index in [0.29, 0.717) is 5.69 Å². The van der Waals surface area contributed by atoms with Crippen LogP contribution in [0.3, 0.4) is 0 Å². The smallest absolute Gasteiger partial charge is 0.270 e. The van der Waals surface area contributed by atoms with Crippen LogP contribution in [0.4, 0.5) is 0 Å². The quantitative estimate of drug-likeness (QED) is 0.774. The molecule has 3 aromatic rings. The van der Waals surface area contributed by atoms with E-state index in [9.17, 15) is 4.79 Å². The van der Waals surface area contributed by atoms with E-state index in [1.54, 1.807) is 11.8 Å². The van der Waals surface area contributed by atoms with Gasteiger partial charge in [-0.25, -0.2) is 4.68 Å². The Labute approximate surface area is 147 Å². The fourth-order valence-corrected chi connectivity index (χ4v) is 2.55. The first-order valence-corrected chi connectivity index (χ1v) is 8.19. The molecule has 0 aliphatic carbocycles. The lowest BCUT2D eigenvalue weighted by Crippen LogP contribution is -2.31. The predicted octanol–water partition coefficient (Wildman–Crippen LogP) is 3.69. The van der Waals surface area contributed by atoms with Gasteiger partial charge in [-0.15, -0.1) is 0 Å². The molecular weight excluding hydrogens is 314 g/mol. The zero-order valence-electron chi connectivity index (χ0n) is 14.6. The van der Waals surface area contributed by atoms with Crippen LogP contribution in [0, 0.1) is 0 Å². The highest BCUT2D eigenvalue weighted by Gasteiger charge is 2.18. The number of nitrogens with one attached hydrogen (secondary N) is 1. The fourth-order valence-electron chi connectivity index (χ4n) is 2.55. The molecule has 0 aliphatic rings. The number of rotatable bonds is 5. The Morgan fingerprint density at radius 2 is 1.76 bits per heavy atom. The monoisotopic (exact) mass is 335 g/mol. The third-order valence-corrected chi connectivity index (χ3v) is 3.75. The molecule has 2 aromatic carbocycles. The summed E-state index contributed by atoms with van der Waals surface area (Å²) in [4.78, 5) is 12.6. The predicted molar refractivity (Wildman–Crippen MR) is 98.2 cm³/mol. The largest absolute Gasteiger partial charge is 0.497 e. The van der Waals surface area contributed by atoms with Gasteiger partial charge in [-0.1, -0.05) is 30.3 Å². The van der Waals surface area contributed by atoms with Crippen LogP contribution < -0.4 is 10.1 Å². The molecule has 0 radical (unpaired) electrons. The number of nitrogens with zero attached hydrogens (tertiary/aromatic N) is 2. The average Bonchev–Trinajstić information content (AvgIpc) is 3.07. The number of amides is 1. The van der Waals surface area contributed by atoms with Crippen LogP contribution >= 0.6 is 0 Å². The van der Waals surface area contributed by atoms with Crippen molar-refractivity contribution in [2.75, 3.05) is 7.11 Å². The maximum absolute atomic E-state index is 12.6. The number of hydrogen-bond acceptors (Lipinski definition) is 3. The molecule has 0 saturated carbocycles. The third kappa shape index (κ3) is 3.71. The van der Waals surface area contributed by atoms with Gasteiger partial charge in [0.1, 0.15) is 11.4 Å². The lowest BCUT2D eigenvalue weighted by molar-refractivity contribution is 0.0935. The minimum Gasteiger partial charge on any atom is -0.497 e. The first-order chi connectivity index (χ1) is 12.1.